The molecule has 4 rings (SSSR count). The van der Waals surface area contributed by atoms with Gasteiger partial charge in [0, 0.05) is 18.8 Å². The summed E-state index contributed by atoms with van der Waals surface area (Å²) >= 11 is 0. The maximum atomic E-state index is 12.9. The van der Waals surface area contributed by atoms with Gasteiger partial charge in [-0.25, -0.2) is 0 Å². The molecular formula is C23H32O6. The zero-order valence-electron chi connectivity index (χ0n) is 17.6. The van der Waals surface area contributed by atoms with Crippen LogP contribution in [0.1, 0.15) is 65.7 Å². The third-order valence-corrected chi connectivity index (χ3v) is 8.92. The zero-order valence-corrected chi connectivity index (χ0v) is 17.6. The summed E-state index contributed by atoms with van der Waals surface area (Å²) in [6.45, 7) is 4.92. The molecule has 1 unspecified atom stereocenters. The second kappa shape index (κ2) is 6.74. The van der Waals surface area contributed by atoms with Gasteiger partial charge in [-0.15, -0.1) is 0 Å². The van der Waals surface area contributed by atoms with E-state index in [2.05, 4.69) is 6.92 Å². The molecule has 0 heterocycles. The first-order valence-electron chi connectivity index (χ1n) is 10.8. The minimum absolute atomic E-state index is 0.0413. The number of carbonyl (C=O) groups excluding carboxylic acids is 3. The van der Waals surface area contributed by atoms with Crippen LogP contribution in [0.5, 0.6) is 0 Å². The molecule has 0 aliphatic heterocycles. The molecule has 0 aromatic heterocycles. The van der Waals surface area contributed by atoms with Crippen LogP contribution in [0.3, 0.4) is 0 Å². The molecule has 0 amide bonds. The van der Waals surface area contributed by atoms with Gasteiger partial charge < -0.3 is 14.9 Å². The number of aliphatic hydroxyl groups is 2. The minimum Gasteiger partial charge on any atom is -0.458 e. The Balaban J connectivity index is 1.65. The first-order valence-corrected chi connectivity index (χ1v) is 10.8. The topological polar surface area (TPSA) is 101 Å². The van der Waals surface area contributed by atoms with Gasteiger partial charge in [-0.3, -0.25) is 14.4 Å². The Morgan fingerprint density at radius 1 is 1.21 bits per heavy atom. The van der Waals surface area contributed by atoms with E-state index in [4.69, 9.17) is 4.74 Å². The van der Waals surface area contributed by atoms with Crippen molar-refractivity contribution in [1.29, 1.82) is 0 Å². The van der Waals surface area contributed by atoms with Gasteiger partial charge in [0.2, 0.25) is 5.78 Å². The minimum atomic E-state index is -1.58. The Hall–Kier alpha value is -1.53. The molecule has 29 heavy (non-hydrogen) atoms. The van der Waals surface area contributed by atoms with Gasteiger partial charge in [0.05, 0.1) is 6.10 Å². The molecule has 4 aliphatic rings. The van der Waals surface area contributed by atoms with Crippen LogP contribution < -0.4 is 0 Å². The maximum Gasteiger partial charge on any atom is 0.303 e. The summed E-state index contributed by atoms with van der Waals surface area (Å²) < 4.78 is 4.89. The van der Waals surface area contributed by atoms with Crippen molar-refractivity contribution in [2.45, 2.75) is 77.4 Å². The van der Waals surface area contributed by atoms with Crippen molar-refractivity contribution in [2.75, 3.05) is 6.61 Å². The average Bonchev–Trinajstić information content (AvgIpc) is 2.91. The molecule has 0 saturated heterocycles. The number of aliphatic hydroxyl groups excluding tert-OH is 1. The van der Waals surface area contributed by atoms with Gasteiger partial charge in [0.1, 0.15) is 5.60 Å². The molecule has 6 nitrogen and oxygen atoms in total. The lowest BCUT2D eigenvalue weighted by Crippen LogP contribution is -2.62. The SMILES string of the molecule is CC(=O)OCC(=O)[C@@]1(O)CC[C@H]2[C@@H]3CCC4=CC(=O)CC[C@]4(C)C3[C@H](O)C[C@@]21C. The molecule has 3 saturated carbocycles. The Labute approximate surface area is 171 Å². The maximum absolute atomic E-state index is 12.9. The van der Waals surface area contributed by atoms with E-state index in [0.717, 1.165) is 31.3 Å². The summed E-state index contributed by atoms with van der Waals surface area (Å²) in [7, 11) is 0. The molecular weight excluding hydrogens is 372 g/mol. The van der Waals surface area contributed by atoms with Crippen molar-refractivity contribution in [3.05, 3.63) is 11.6 Å². The predicted molar refractivity (Wildman–Crippen MR) is 105 cm³/mol. The number of hydrogen-bond acceptors (Lipinski definition) is 6. The average molecular weight is 405 g/mol. The molecule has 0 aromatic carbocycles. The number of ether oxygens (including phenoxy) is 1. The van der Waals surface area contributed by atoms with Crippen LogP contribution in [-0.2, 0) is 19.1 Å². The number of ketones is 2. The van der Waals surface area contributed by atoms with E-state index in [1.54, 1.807) is 6.08 Å². The normalized spacial score (nSPS) is 46.2. The molecule has 0 spiro atoms. The summed E-state index contributed by atoms with van der Waals surface area (Å²) in [5, 5.41) is 22.8. The third kappa shape index (κ3) is 2.86. The Morgan fingerprint density at radius 2 is 1.93 bits per heavy atom. The highest BCUT2D eigenvalue weighted by molar-refractivity contribution is 5.92. The molecule has 0 bridgehead atoms. The van der Waals surface area contributed by atoms with Crippen molar-refractivity contribution < 1.29 is 29.3 Å². The van der Waals surface area contributed by atoms with E-state index in [0.29, 0.717) is 19.3 Å². The third-order valence-electron chi connectivity index (χ3n) is 8.92. The number of esters is 1. The van der Waals surface area contributed by atoms with Gasteiger partial charge in [0.25, 0.3) is 0 Å². The van der Waals surface area contributed by atoms with Crippen molar-refractivity contribution in [3.63, 3.8) is 0 Å². The van der Waals surface area contributed by atoms with E-state index < -0.39 is 35.5 Å². The van der Waals surface area contributed by atoms with E-state index in [9.17, 15) is 24.6 Å². The number of hydrogen-bond donors (Lipinski definition) is 2. The highest BCUT2D eigenvalue weighted by Crippen LogP contribution is 2.67. The highest BCUT2D eigenvalue weighted by Gasteiger charge is 2.68. The lowest BCUT2D eigenvalue weighted by molar-refractivity contribution is -0.184. The van der Waals surface area contributed by atoms with Crippen LogP contribution in [-0.4, -0.2) is 46.1 Å². The summed E-state index contributed by atoms with van der Waals surface area (Å²) in [6, 6.07) is 0. The Bertz CT molecular complexity index is 786. The van der Waals surface area contributed by atoms with Crippen molar-refractivity contribution in [2.24, 2.45) is 28.6 Å². The fourth-order valence-electron chi connectivity index (χ4n) is 7.44. The molecule has 6 heteroatoms. The summed E-state index contributed by atoms with van der Waals surface area (Å²) in [5.74, 6) is -0.462. The molecule has 160 valence electrons. The fraction of sp³-hybridized carbons (Fsp3) is 0.783. The summed E-state index contributed by atoms with van der Waals surface area (Å²) in [6.07, 6.45) is 5.54. The number of carbonyl (C=O) groups is 3. The van der Waals surface area contributed by atoms with E-state index in [-0.39, 0.29) is 29.0 Å². The highest BCUT2D eigenvalue weighted by atomic mass is 16.5. The molecule has 7 atom stereocenters. The van der Waals surface area contributed by atoms with Crippen molar-refractivity contribution in [1.82, 2.24) is 0 Å². The van der Waals surface area contributed by atoms with Gasteiger partial charge in [0.15, 0.2) is 12.4 Å². The molecule has 3 fully saturated rings. The standard InChI is InChI=1S/C23H32O6/c1-13(24)29-12-19(27)23(28)9-7-17-16-5-4-14-10-15(25)6-8-21(14,2)20(16)18(26)11-22(17,23)3/h10,16-18,20,26,28H,4-9,11-12H2,1-3H3/t16-,17-,18+,20?,21-,22-,23-/m0/s1. The summed E-state index contributed by atoms with van der Waals surface area (Å²) in [5.41, 5.74) is -1.36. The van der Waals surface area contributed by atoms with Crippen molar-refractivity contribution >= 4 is 17.5 Å². The smallest absolute Gasteiger partial charge is 0.303 e. The molecule has 2 N–H and O–H groups in total. The van der Waals surface area contributed by atoms with Gasteiger partial charge in [-0.05, 0) is 67.8 Å². The van der Waals surface area contributed by atoms with Crippen LogP contribution in [0.2, 0.25) is 0 Å². The van der Waals surface area contributed by atoms with Gasteiger partial charge in [-0.2, -0.15) is 0 Å². The fourth-order valence-corrected chi connectivity index (χ4v) is 7.44. The molecule has 0 aromatic rings. The molecule has 0 radical (unpaired) electrons. The number of fused-ring (bicyclic) bond motifs is 5. The van der Waals surface area contributed by atoms with E-state index >= 15 is 0 Å². The number of rotatable bonds is 3. The largest absolute Gasteiger partial charge is 0.458 e. The predicted octanol–water partition coefficient (Wildman–Crippen LogP) is 2.35. The quantitative estimate of drug-likeness (QED) is 0.701. The van der Waals surface area contributed by atoms with Gasteiger partial charge in [-0.1, -0.05) is 19.4 Å². The van der Waals surface area contributed by atoms with Gasteiger partial charge >= 0.3 is 5.97 Å². The van der Waals surface area contributed by atoms with E-state index in [1.807, 2.05) is 6.92 Å². The number of Topliss-reactive ketones (excluding diaryl/α,β-unsaturated/α-hetero) is 1. The first kappa shape index (κ1) is 20.7. The lowest BCUT2D eigenvalue weighted by Gasteiger charge is -2.60. The lowest BCUT2D eigenvalue weighted by atomic mass is 9.45. The molecule has 4 aliphatic carbocycles. The number of allylic oxidation sites excluding steroid dienone is 1. The Kier molecular flexibility index (Phi) is 4.82. The second-order valence-electron chi connectivity index (χ2n) is 10.2. The van der Waals surface area contributed by atoms with Crippen molar-refractivity contribution in [3.8, 4) is 0 Å². The first-order chi connectivity index (χ1) is 13.5. The Morgan fingerprint density at radius 3 is 2.62 bits per heavy atom. The van der Waals surface area contributed by atoms with Crippen LogP contribution in [0.25, 0.3) is 0 Å². The zero-order chi connectivity index (χ0) is 21.2. The monoisotopic (exact) mass is 404 g/mol. The van der Waals surface area contributed by atoms with E-state index in [1.165, 1.54) is 6.92 Å². The van der Waals surface area contributed by atoms with Crippen LogP contribution >= 0.6 is 0 Å². The van der Waals surface area contributed by atoms with Crippen LogP contribution in [0.4, 0.5) is 0 Å². The van der Waals surface area contributed by atoms with Crippen LogP contribution in [0, 0.1) is 28.6 Å². The summed E-state index contributed by atoms with van der Waals surface area (Å²) in [4.78, 5) is 36.0. The van der Waals surface area contributed by atoms with Crippen LogP contribution in [0.15, 0.2) is 11.6 Å². The second-order valence-corrected chi connectivity index (χ2v) is 10.2.